The van der Waals surface area contributed by atoms with Crippen LogP contribution in [0.3, 0.4) is 0 Å². The van der Waals surface area contributed by atoms with Gasteiger partial charge in [-0.25, -0.2) is 9.37 Å². The highest BCUT2D eigenvalue weighted by Gasteiger charge is 2.48. The van der Waals surface area contributed by atoms with E-state index in [1.165, 1.54) is 6.07 Å². The maximum absolute atomic E-state index is 14.5. The summed E-state index contributed by atoms with van der Waals surface area (Å²) in [6, 6.07) is 4.74. The second kappa shape index (κ2) is 5.41. The molecule has 0 saturated heterocycles. The van der Waals surface area contributed by atoms with Gasteiger partial charge in [-0.15, -0.1) is 11.8 Å². The fourth-order valence-corrected chi connectivity index (χ4v) is 4.83. The first-order valence-corrected chi connectivity index (χ1v) is 8.42. The second-order valence-corrected chi connectivity index (χ2v) is 7.64. The van der Waals surface area contributed by atoms with Crippen molar-refractivity contribution in [1.82, 2.24) is 14.8 Å². The second-order valence-electron chi connectivity index (χ2n) is 4.93. The number of thioether (sulfide) groups is 1. The van der Waals surface area contributed by atoms with Crippen molar-refractivity contribution >= 4 is 39.3 Å². The minimum atomic E-state index is -0.743. The largest absolute Gasteiger partial charge is 0.256 e. The van der Waals surface area contributed by atoms with Crippen LogP contribution in [0.4, 0.5) is 4.39 Å². The Hall–Kier alpha value is -0.850. The molecule has 0 bridgehead atoms. The molecule has 1 aromatic heterocycles. The van der Waals surface area contributed by atoms with Gasteiger partial charge in [0.2, 0.25) is 0 Å². The minimum absolute atomic E-state index is 0.336. The molecular formula is C14H12BrClFN3S. The number of aromatic nitrogens is 3. The summed E-state index contributed by atoms with van der Waals surface area (Å²) in [5, 5.41) is 4.81. The molecule has 0 amide bonds. The molecule has 0 saturated carbocycles. The molecule has 1 aromatic carbocycles. The first kappa shape index (κ1) is 15.1. The van der Waals surface area contributed by atoms with Crippen molar-refractivity contribution in [2.75, 3.05) is 5.75 Å². The average Bonchev–Trinajstić information content (AvgIpc) is 2.98. The molecule has 1 aliphatic heterocycles. The molecule has 3 rings (SSSR count). The number of hydrogen-bond donors (Lipinski definition) is 0. The molecule has 2 heterocycles. The zero-order valence-corrected chi connectivity index (χ0v) is 14.6. The van der Waals surface area contributed by atoms with E-state index in [4.69, 9.17) is 11.6 Å². The molecule has 7 heteroatoms. The number of allylic oxidation sites excluding steroid dienone is 1. The fraction of sp³-hybridized carbons (Fsp3) is 0.286. The Labute approximate surface area is 139 Å². The van der Waals surface area contributed by atoms with Crippen LogP contribution >= 0.6 is 39.3 Å². The van der Waals surface area contributed by atoms with Gasteiger partial charge in [0, 0.05) is 23.4 Å². The maximum atomic E-state index is 14.5. The van der Waals surface area contributed by atoms with Gasteiger partial charge in [0.25, 0.3) is 0 Å². The summed E-state index contributed by atoms with van der Waals surface area (Å²) in [6.07, 6.45) is 1.62. The lowest BCUT2D eigenvalue weighted by Gasteiger charge is -2.29. The zero-order valence-electron chi connectivity index (χ0n) is 11.4. The van der Waals surface area contributed by atoms with E-state index in [1.54, 1.807) is 42.0 Å². The highest BCUT2D eigenvalue weighted by molar-refractivity contribution is 9.14. The molecule has 0 aliphatic carbocycles. The van der Waals surface area contributed by atoms with Crippen molar-refractivity contribution < 1.29 is 4.39 Å². The van der Waals surface area contributed by atoms with Gasteiger partial charge in [-0.2, -0.15) is 5.10 Å². The Morgan fingerprint density at radius 1 is 1.48 bits per heavy atom. The first-order chi connectivity index (χ1) is 9.96. The van der Waals surface area contributed by atoms with Crippen LogP contribution in [0.1, 0.15) is 18.3 Å². The van der Waals surface area contributed by atoms with Gasteiger partial charge < -0.3 is 0 Å². The van der Waals surface area contributed by atoms with E-state index in [2.05, 4.69) is 26.0 Å². The van der Waals surface area contributed by atoms with Crippen LogP contribution in [0.5, 0.6) is 0 Å². The number of nitrogens with zero attached hydrogens (tertiary/aromatic N) is 3. The predicted octanol–water partition coefficient (Wildman–Crippen LogP) is 4.27. The summed E-state index contributed by atoms with van der Waals surface area (Å²) in [5.41, 5.74) is 0.677. The lowest BCUT2D eigenvalue weighted by molar-refractivity contribution is 0.549. The minimum Gasteiger partial charge on any atom is -0.256 e. The number of aryl methyl sites for hydroxylation is 1. The Kier molecular flexibility index (Phi) is 3.88. The van der Waals surface area contributed by atoms with E-state index in [0.717, 1.165) is 9.39 Å². The lowest BCUT2D eigenvalue weighted by Crippen LogP contribution is -2.33. The number of rotatable bonds is 2. The van der Waals surface area contributed by atoms with Crippen molar-refractivity contribution in [2.45, 2.75) is 12.3 Å². The molecule has 21 heavy (non-hydrogen) atoms. The van der Waals surface area contributed by atoms with Crippen LogP contribution in [-0.2, 0) is 12.5 Å². The van der Waals surface area contributed by atoms with Crippen molar-refractivity contribution in [1.29, 1.82) is 0 Å². The molecule has 0 spiro atoms. The zero-order chi connectivity index (χ0) is 15.2. The molecule has 3 nitrogen and oxygen atoms in total. The maximum Gasteiger partial charge on any atom is 0.166 e. The monoisotopic (exact) mass is 387 g/mol. The summed E-state index contributed by atoms with van der Waals surface area (Å²) in [5.74, 6) is 0.845. The van der Waals surface area contributed by atoms with Crippen molar-refractivity contribution in [3.8, 4) is 0 Å². The van der Waals surface area contributed by atoms with Crippen LogP contribution < -0.4 is 0 Å². The molecule has 1 atom stereocenters. The lowest BCUT2D eigenvalue weighted by atomic mass is 9.76. The van der Waals surface area contributed by atoms with Gasteiger partial charge >= 0.3 is 0 Å². The average molecular weight is 389 g/mol. The van der Waals surface area contributed by atoms with E-state index in [9.17, 15) is 4.39 Å². The van der Waals surface area contributed by atoms with E-state index >= 15 is 0 Å². The summed E-state index contributed by atoms with van der Waals surface area (Å²) >= 11 is 11.5. The van der Waals surface area contributed by atoms with Gasteiger partial charge in [0.1, 0.15) is 12.1 Å². The van der Waals surface area contributed by atoms with Crippen LogP contribution in [0, 0.1) is 5.82 Å². The Morgan fingerprint density at radius 3 is 2.76 bits per heavy atom. The Balaban J connectivity index is 2.34. The van der Waals surface area contributed by atoms with Gasteiger partial charge in [-0.3, -0.25) is 4.68 Å². The van der Waals surface area contributed by atoms with Crippen molar-refractivity contribution in [3.05, 3.63) is 56.1 Å². The smallest absolute Gasteiger partial charge is 0.166 e. The van der Waals surface area contributed by atoms with Crippen molar-refractivity contribution in [2.24, 2.45) is 7.05 Å². The summed E-state index contributed by atoms with van der Waals surface area (Å²) in [4.78, 5) is 4.37. The Morgan fingerprint density at radius 2 is 2.24 bits per heavy atom. The molecule has 110 valence electrons. The van der Waals surface area contributed by atoms with Crippen LogP contribution in [0.15, 0.2) is 33.9 Å². The third-order valence-corrected chi connectivity index (χ3v) is 6.45. The fourth-order valence-electron chi connectivity index (χ4n) is 2.60. The SMILES string of the molecule is CC1=C(Br)SCC1(c1ncn(C)n1)c1c(F)cccc1Cl. The number of benzene rings is 1. The van der Waals surface area contributed by atoms with Gasteiger partial charge in [-0.1, -0.05) is 17.7 Å². The van der Waals surface area contributed by atoms with Crippen LogP contribution in [0.25, 0.3) is 0 Å². The summed E-state index contributed by atoms with van der Waals surface area (Å²) in [7, 11) is 1.79. The molecule has 1 aliphatic rings. The summed E-state index contributed by atoms with van der Waals surface area (Å²) in [6.45, 7) is 1.96. The number of hydrogen-bond acceptors (Lipinski definition) is 3. The topological polar surface area (TPSA) is 30.7 Å². The van der Waals surface area contributed by atoms with E-state index in [-0.39, 0.29) is 5.82 Å². The molecular weight excluding hydrogens is 377 g/mol. The van der Waals surface area contributed by atoms with Gasteiger partial charge in [0.15, 0.2) is 5.82 Å². The van der Waals surface area contributed by atoms with Crippen molar-refractivity contribution in [3.63, 3.8) is 0 Å². The summed E-state index contributed by atoms with van der Waals surface area (Å²) < 4.78 is 17.1. The molecule has 0 radical (unpaired) electrons. The highest BCUT2D eigenvalue weighted by Crippen LogP contribution is 2.53. The third kappa shape index (κ3) is 2.24. The highest BCUT2D eigenvalue weighted by atomic mass is 79.9. The molecule has 2 aromatic rings. The first-order valence-electron chi connectivity index (χ1n) is 6.27. The van der Waals surface area contributed by atoms with Gasteiger partial charge in [-0.05, 0) is 40.6 Å². The van der Waals surface area contributed by atoms with E-state index in [0.29, 0.717) is 22.2 Å². The quantitative estimate of drug-likeness (QED) is 0.770. The predicted molar refractivity (Wildman–Crippen MR) is 87.3 cm³/mol. The molecule has 0 fully saturated rings. The molecule has 0 N–H and O–H groups in total. The normalized spacial score (nSPS) is 22.1. The van der Waals surface area contributed by atoms with Crippen LogP contribution in [-0.4, -0.2) is 20.5 Å². The van der Waals surface area contributed by atoms with Gasteiger partial charge in [0.05, 0.1) is 9.23 Å². The molecule has 1 unspecified atom stereocenters. The third-order valence-electron chi connectivity index (χ3n) is 3.72. The van der Waals surface area contributed by atoms with Crippen LogP contribution in [0.2, 0.25) is 5.02 Å². The standard InChI is InChI=1S/C14H12BrClFN3S/c1-8-12(15)21-6-14(8,13-18-7-20(2)19-13)11-9(16)4-3-5-10(11)17/h3-5,7H,6H2,1-2H3. The van der Waals surface area contributed by atoms with E-state index in [1.807, 2.05) is 6.92 Å². The Bertz CT molecular complexity index is 725. The number of halogens is 3. The van der Waals surface area contributed by atoms with E-state index < -0.39 is 5.41 Å².